The van der Waals surface area contributed by atoms with E-state index in [0.717, 1.165) is 4.90 Å². The van der Waals surface area contributed by atoms with Crippen LogP contribution in [0.2, 0.25) is 0 Å². The lowest BCUT2D eigenvalue weighted by atomic mass is 9.88. The van der Waals surface area contributed by atoms with Crippen LogP contribution in [0.5, 0.6) is 0 Å². The van der Waals surface area contributed by atoms with Crippen molar-refractivity contribution in [1.82, 2.24) is 5.32 Å². The molecule has 1 heterocycles. The molecule has 1 saturated heterocycles. The molecule has 102 valence electrons. The van der Waals surface area contributed by atoms with Crippen molar-refractivity contribution in [2.24, 2.45) is 5.41 Å². The molecule has 0 aliphatic carbocycles. The zero-order valence-corrected chi connectivity index (χ0v) is 11.4. The summed E-state index contributed by atoms with van der Waals surface area (Å²) in [5.74, 6) is -1.29. The van der Waals surface area contributed by atoms with Gasteiger partial charge in [-0.2, -0.15) is 5.26 Å². The van der Waals surface area contributed by atoms with E-state index >= 15 is 0 Å². The summed E-state index contributed by atoms with van der Waals surface area (Å²) in [4.78, 5) is 36.9. The Morgan fingerprint density at radius 2 is 1.90 bits per heavy atom. The molecule has 1 N–H and O–H groups in total. The van der Waals surface area contributed by atoms with Crippen molar-refractivity contribution in [2.75, 3.05) is 4.90 Å². The van der Waals surface area contributed by atoms with Gasteiger partial charge in [0.05, 0.1) is 11.3 Å². The Morgan fingerprint density at radius 3 is 2.50 bits per heavy atom. The fourth-order valence-electron chi connectivity index (χ4n) is 1.98. The number of barbiturate groups is 1. The second-order valence-corrected chi connectivity index (χ2v) is 5.11. The molecular weight excluding hydrogens is 258 g/mol. The number of benzene rings is 1. The van der Waals surface area contributed by atoms with E-state index in [-0.39, 0.29) is 11.3 Å². The molecule has 0 saturated carbocycles. The SMILES string of the molecule is Cc1cccc(N2C(=O)NC(=O)C(C)(C)C2=O)c1C#N. The number of nitriles is 1. The number of carbonyl (C=O) groups excluding carboxylic acids is 3. The molecule has 4 amide bonds. The van der Waals surface area contributed by atoms with Gasteiger partial charge in [0.1, 0.15) is 11.5 Å². The van der Waals surface area contributed by atoms with E-state index in [1.165, 1.54) is 19.9 Å². The van der Waals surface area contributed by atoms with E-state index in [2.05, 4.69) is 5.32 Å². The van der Waals surface area contributed by atoms with Gasteiger partial charge in [-0.15, -0.1) is 0 Å². The van der Waals surface area contributed by atoms with E-state index in [9.17, 15) is 19.6 Å². The smallest absolute Gasteiger partial charge is 0.276 e. The zero-order valence-electron chi connectivity index (χ0n) is 11.4. The normalized spacial score (nSPS) is 17.7. The Kier molecular flexibility index (Phi) is 3.06. The van der Waals surface area contributed by atoms with Crippen molar-refractivity contribution in [3.05, 3.63) is 29.3 Å². The second-order valence-electron chi connectivity index (χ2n) is 5.11. The highest BCUT2D eigenvalue weighted by Gasteiger charge is 2.48. The molecule has 0 spiro atoms. The molecule has 1 aromatic carbocycles. The lowest BCUT2D eigenvalue weighted by molar-refractivity contribution is -0.140. The van der Waals surface area contributed by atoms with E-state index in [4.69, 9.17) is 0 Å². The third-order valence-corrected chi connectivity index (χ3v) is 3.33. The van der Waals surface area contributed by atoms with Gasteiger partial charge in [-0.05, 0) is 32.4 Å². The first-order valence-corrected chi connectivity index (χ1v) is 6.00. The fraction of sp³-hybridized carbons (Fsp3) is 0.286. The molecule has 1 aromatic rings. The molecule has 1 fully saturated rings. The molecule has 1 aliphatic rings. The number of carbonyl (C=O) groups is 3. The minimum Gasteiger partial charge on any atom is -0.276 e. The first-order valence-electron chi connectivity index (χ1n) is 6.00. The van der Waals surface area contributed by atoms with Gasteiger partial charge < -0.3 is 0 Å². The molecule has 20 heavy (non-hydrogen) atoms. The molecule has 0 atom stereocenters. The molecule has 0 bridgehead atoms. The molecule has 6 nitrogen and oxygen atoms in total. The van der Waals surface area contributed by atoms with Crippen molar-refractivity contribution in [3.63, 3.8) is 0 Å². The minimum atomic E-state index is -1.36. The number of hydrogen-bond acceptors (Lipinski definition) is 4. The third kappa shape index (κ3) is 1.84. The van der Waals surface area contributed by atoms with Crippen LogP contribution in [-0.2, 0) is 9.59 Å². The Morgan fingerprint density at radius 1 is 1.25 bits per heavy atom. The maximum absolute atomic E-state index is 12.4. The van der Waals surface area contributed by atoms with Crippen LogP contribution in [0.15, 0.2) is 18.2 Å². The number of hydrogen-bond donors (Lipinski definition) is 1. The minimum absolute atomic E-state index is 0.190. The second kappa shape index (κ2) is 4.46. The predicted octanol–water partition coefficient (Wildman–Crippen LogP) is 1.48. The molecule has 6 heteroatoms. The van der Waals surface area contributed by atoms with Gasteiger partial charge in [0, 0.05) is 0 Å². The Balaban J connectivity index is 2.61. The van der Waals surface area contributed by atoms with Crippen LogP contribution in [0.1, 0.15) is 25.0 Å². The van der Waals surface area contributed by atoms with E-state index in [1.807, 2.05) is 6.07 Å². The number of aryl methyl sites for hydroxylation is 1. The van der Waals surface area contributed by atoms with Crippen molar-refractivity contribution in [2.45, 2.75) is 20.8 Å². The molecule has 0 radical (unpaired) electrons. The summed E-state index contributed by atoms with van der Waals surface area (Å²) >= 11 is 0. The van der Waals surface area contributed by atoms with Crippen LogP contribution in [0.4, 0.5) is 10.5 Å². The molecule has 0 unspecified atom stereocenters. The summed E-state index contributed by atoms with van der Waals surface area (Å²) in [6.45, 7) is 4.59. The highest BCUT2D eigenvalue weighted by molar-refractivity contribution is 6.29. The maximum Gasteiger partial charge on any atom is 0.335 e. The summed E-state index contributed by atoms with van der Waals surface area (Å²) in [5, 5.41) is 11.3. The molecule has 0 aromatic heterocycles. The highest BCUT2D eigenvalue weighted by atomic mass is 16.2. The van der Waals surface area contributed by atoms with Crippen molar-refractivity contribution < 1.29 is 14.4 Å². The quantitative estimate of drug-likeness (QED) is 0.783. The summed E-state index contributed by atoms with van der Waals surface area (Å²) in [7, 11) is 0. The first-order chi connectivity index (χ1) is 9.30. The van der Waals surface area contributed by atoms with Gasteiger partial charge in [-0.25, -0.2) is 9.69 Å². The average molecular weight is 271 g/mol. The predicted molar refractivity (Wildman–Crippen MR) is 70.7 cm³/mol. The van der Waals surface area contributed by atoms with Gasteiger partial charge in [0.25, 0.3) is 0 Å². The number of rotatable bonds is 1. The number of nitrogens with one attached hydrogen (secondary N) is 1. The Labute approximate surface area is 116 Å². The van der Waals surface area contributed by atoms with E-state index < -0.39 is 23.3 Å². The average Bonchev–Trinajstić information content (AvgIpc) is 2.37. The standard InChI is InChI=1S/C14H13N3O3/c1-8-5-4-6-10(9(8)7-15)17-12(19)14(2,3)11(18)16-13(17)20/h4-6H,1-3H3,(H,16,18,20). The van der Waals surface area contributed by atoms with Gasteiger partial charge in [0.15, 0.2) is 0 Å². The van der Waals surface area contributed by atoms with Crippen LogP contribution in [0, 0.1) is 23.7 Å². The van der Waals surface area contributed by atoms with Crippen molar-refractivity contribution in [3.8, 4) is 6.07 Å². The van der Waals surface area contributed by atoms with E-state index in [1.54, 1.807) is 19.1 Å². The number of imide groups is 2. The molecule has 1 aliphatic heterocycles. The largest absolute Gasteiger partial charge is 0.335 e. The fourth-order valence-corrected chi connectivity index (χ4v) is 1.98. The summed E-state index contributed by atoms with van der Waals surface area (Å²) in [6.07, 6.45) is 0. The van der Waals surface area contributed by atoms with Gasteiger partial charge >= 0.3 is 6.03 Å². The monoisotopic (exact) mass is 271 g/mol. The highest BCUT2D eigenvalue weighted by Crippen LogP contribution is 2.31. The first kappa shape index (κ1) is 13.7. The Bertz CT molecular complexity index is 671. The summed E-state index contributed by atoms with van der Waals surface area (Å²) < 4.78 is 0. The number of amides is 4. The molecular formula is C14H13N3O3. The lowest BCUT2D eigenvalue weighted by Crippen LogP contribution is -2.62. The summed E-state index contributed by atoms with van der Waals surface area (Å²) in [6, 6.07) is 6.02. The number of anilines is 1. The Hall–Kier alpha value is -2.68. The van der Waals surface area contributed by atoms with Crippen LogP contribution < -0.4 is 10.2 Å². The van der Waals surface area contributed by atoms with Gasteiger partial charge in [-0.3, -0.25) is 14.9 Å². The van der Waals surface area contributed by atoms with E-state index in [0.29, 0.717) is 5.56 Å². The van der Waals surface area contributed by atoms with Crippen LogP contribution in [0.25, 0.3) is 0 Å². The molecule has 2 rings (SSSR count). The number of nitrogens with zero attached hydrogens (tertiary/aromatic N) is 2. The lowest BCUT2D eigenvalue weighted by Gasteiger charge is -2.34. The van der Waals surface area contributed by atoms with Gasteiger partial charge in [-0.1, -0.05) is 12.1 Å². The number of urea groups is 1. The third-order valence-electron chi connectivity index (χ3n) is 3.33. The topological polar surface area (TPSA) is 90.3 Å². The van der Waals surface area contributed by atoms with Crippen molar-refractivity contribution >= 4 is 23.5 Å². The maximum atomic E-state index is 12.4. The van der Waals surface area contributed by atoms with Crippen molar-refractivity contribution in [1.29, 1.82) is 5.26 Å². The van der Waals surface area contributed by atoms with Gasteiger partial charge in [0.2, 0.25) is 11.8 Å². The summed E-state index contributed by atoms with van der Waals surface area (Å²) in [5.41, 5.74) is -0.276. The zero-order chi connectivity index (χ0) is 15.1. The van der Waals surface area contributed by atoms with Crippen LogP contribution in [-0.4, -0.2) is 17.8 Å². The van der Waals surface area contributed by atoms with Crippen LogP contribution >= 0.6 is 0 Å². The van der Waals surface area contributed by atoms with Crippen LogP contribution in [0.3, 0.4) is 0 Å².